The first kappa shape index (κ1) is 13.8. The van der Waals surface area contributed by atoms with E-state index in [9.17, 15) is 0 Å². The molecule has 7 heteroatoms. The first-order valence-corrected chi connectivity index (χ1v) is 7.54. The first-order chi connectivity index (χ1) is 9.65. The molecule has 0 spiro atoms. The number of aromatic nitrogens is 3. The van der Waals surface area contributed by atoms with Crippen molar-refractivity contribution >= 4 is 46.1 Å². The van der Waals surface area contributed by atoms with Gasteiger partial charge in [-0.3, -0.25) is 4.98 Å². The molecular formula is C13H6Cl3N3S. The van der Waals surface area contributed by atoms with Crippen molar-refractivity contribution in [3.05, 3.63) is 51.3 Å². The number of thiazole rings is 1. The number of rotatable bonds is 2. The molecule has 0 aliphatic carbocycles. The van der Waals surface area contributed by atoms with Crippen molar-refractivity contribution in [1.82, 2.24) is 15.0 Å². The average molecular weight is 343 g/mol. The number of hydrogen-bond donors (Lipinski definition) is 0. The molecule has 0 amide bonds. The number of benzene rings is 1. The fourth-order valence-electron chi connectivity index (χ4n) is 1.70. The van der Waals surface area contributed by atoms with Crippen LogP contribution in [0.3, 0.4) is 0 Å². The lowest BCUT2D eigenvalue weighted by Gasteiger charge is -2.07. The Hall–Kier alpha value is -1.20. The van der Waals surface area contributed by atoms with Gasteiger partial charge in [0.05, 0.1) is 16.0 Å². The van der Waals surface area contributed by atoms with Crippen molar-refractivity contribution in [2.45, 2.75) is 0 Å². The van der Waals surface area contributed by atoms with Crippen LogP contribution in [0.2, 0.25) is 15.3 Å². The lowest BCUT2D eigenvalue weighted by molar-refractivity contribution is 1.18. The van der Waals surface area contributed by atoms with E-state index in [0.29, 0.717) is 26.7 Å². The maximum Gasteiger partial charge on any atom is 0.174 e. The molecule has 0 N–H and O–H groups in total. The molecule has 0 aliphatic rings. The van der Waals surface area contributed by atoms with Gasteiger partial charge < -0.3 is 0 Å². The minimum atomic E-state index is 0.302. The smallest absolute Gasteiger partial charge is 0.174 e. The molecule has 100 valence electrons. The zero-order valence-corrected chi connectivity index (χ0v) is 12.9. The van der Waals surface area contributed by atoms with Crippen molar-refractivity contribution < 1.29 is 0 Å². The molecule has 0 fully saturated rings. The predicted octanol–water partition coefficient (Wildman–Crippen LogP) is 5.23. The van der Waals surface area contributed by atoms with Gasteiger partial charge in [-0.25, -0.2) is 9.97 Å². The summed E-state index contributed by atoms with van der Waals surface area (Å²) in [5, 5.41) is 1.25. The second-order valence-electron chi connectivity index (χ2n) is 3.88. The summed E-state index contributed by atoms with van der Waals surface area (Å²) < 4.78 is 0. The molecule has 1 aromatic carbocycles. The molecule has 0 radical (unpaired) electrons. The van der Waals surface area contributed by atoms with Crippen molar-refractivity contribution in [1.29, 1.82) is 0 Å². The highest BCUT2D eigenvalue weighted by Gasteiger charge is 2.15. The topological polar surface area (TPSA) is 38.7 Å². The van der Waals surface area contributed by atoms with Gasteiger partial charge in [0, 0.05) is 11.2 Å². The maximum atomic E-state index is 6.24. The summed E-state index contributed by atoms with van der Waals surface area (Å²) in [5.41, 5.74) is 3.12. The largest absolute Gasteiger partial charge is 0.252 e. The summed E-state index contributed by atoms with van der Waals surface area (Å²) in [5.74, 6) is 0.472. The molecule has 2 aromatic heterocycles. The van der Waals surface area contributed by atoms with Crippen LogP contribution in [0.15, 0.2) is 36.0 Å². The third kappa shape index (κ3) is 2.65. The molecule has 2 heterocycles. The van der Waals surface area contributed by atoms with Crippen LogP contribution in [0.25, 0.3) is 21.8 Å². The quantitative estimate of drug-likeness (QED) is 0.599. The number of hydrogen-bond acceptors (Lipinski definition) is 4. The molecule has 0 aliphatic heterocycles. The normalized spacial score (nSPS) is 10.8. The zero-order chi connectivity index (χ0) is 14.1. The Kier molecular flexibility index (Phi) is 3.89. The summed E-state index contributed by atoms with van der Waals surface area (Å²) in [7, 11) is 0. The first-order valence-electron chi connectivity index (χ1n) is 5.53. The van der Waals surface area contributed by atoms with Crippen molar-refractivity contribution in [2.75, 3.05) is 0 Å². The second-order valence-corrected chi connectivity index (χ2v) is 5.92. The van der Waals surface area contributed by atoms with E-state index in [0.717, 1.165) is 10.4 Å². The monoisotopic (exact) mass is 341 g/mol. The van der Waals surface area contributed by atoms with Crippen LogP contribution in [0.4, 0.5) is 0 Å². The highest BCUT2D eigenvalue weighted by Crippen LogP contribution is 2.35. The molecule has 3 aromatic rings. The summed E-state index contributed by atoms with van der Waals surface area (Å²) in [4.78, 5) is 13.4. The fourth-order valence-corrected chi connectivity index (χ4v) is 2.98. The summed E-state index contributed by atoms with van der Waals surface area (Å²) in [6.07, 6.45) is 1.68. The Morgan fingerprint density at radius 1 is 0.900 bits per heavy atom. The maximum absolute atomic E-state index is 6.24. The number of nitrogens with zero attached hydrogens (tertiary/aromatic N) is 3. The molecule has 0 bridgehead atoms. The Bertz CT molecular complexity index is 719. The minimum absolute atomic E-state index is 0.302. The predicted molar refractivity (Wildman–Crippen MR) is 83.6 cm³/mol. The van der Waals surface area contributed by atoms with Crippen molar-refractivity contribution in [3.63, 3.8) is 0 Å². The van der Waals surface area contributed by atoms with Crippen molar-refractivity contribution in [2.24, 2.45) is 0 Å². The van der Waals surface area contributed by atoms with Gasteiger partial charge in [-0.15, -0.1) is 11.3 Å². The highest BCUT2D eigenvalue weighted by atomic mass is 35.5. The van der Waals surface area contributed by atoms with E-state index >= 15 is 0 Å². The van der Waals surface area contributed by atoms with E-state index < -0.39 is 0 Å². The van der Waals surface area contributed by atoms with Gasteiger partial charge >= 0.3 is 0 Å². The Morgan fingerprint density at radius 2 is 1.55 bits per heavy atom. The molecule has 0 saturated heterocycles. The van der Waals surface area contributed by atoms with Crippen molar-refractivity contribution in [3.8, 4) is 21.8 Å². The van der Waals surface area contributed by atoms with E-state index in [4.69, 9.17) is 34.8 Å². The SMILES string of the molecule is Clc1ccc(-c2c(Cl)nc(-c3cncs3)nc2Cl)cc1. The third-order valence-electron chi connectivity index (χ3n) is 2.61. The van der Waals surface area contributed by atoms with Gasteiger partial charge in [0.25, 0.3) is 0 Å². The molecule has 0 saturated carbocycles. The van der Waals surface area contributed by atoms with Crippen LogP contribution in [-0.2, 0) is 0 Å². The molecule has 3 nitrogen and oxygen atoms in total. The lowest BCUT2D eigenvalue weighted by Crippen LogP contribution is -1.93. The van der Waals surface area contributed by atoms with Crippen LogP contribution < -0.4 is 0 Å². The van der Waals surface area contributed by atoms with E-state index in [-0.39, 0.29) is 0 Å². The van der Waals surface area contributed by atoms with Gasteiger partial charge in [0.2, 0.25) is 0 Å². The summed E-state index contributed by atoms with van der Waals surface area (Å²) >= 11 is 19.8. The Balaban J connectivity index is 2.11. The summed E-state index contributed by atoms with van der Waals surface area (Å²) in [6, 6.07) is 7.18. The molecular weight excluding hydrogens is 337 g/mol. The Labute approximate surface area is 134 Å². The van der Waals surface area contributed by atoms with Crippen LogP contribution in [-0.4, -0.2) is 15.0 Å². The van der Waals surface area contributed by atoms with Gasteiger partial charge in [0.15, 0.2) is 5.82 Å². The number of halogens is 3. The van der Waals surface area contributed by atoms with E-state index in [1.807, 2.05) is 12.1 Å². The summed E-state index contributed by atoms with van der Waals surface area (Å²) in [6.45, 7) is 0. The van der Waals surface area contributed by atoms with Gasteiger partial charge in [-0.2, -0.15) is 0 Å². The highest BCUT2D eigenvalue weighted by molar-refractivity contribution is 7.13. The van der Waals surface area contributed by atoms with E-state index in [1.165, 1.54) is 11.3 Å². The van der Waals surface area contributed by atoms with Gasteiger partial charge in [-0.05, 0) is 17.7 Å². The van der Waals surface area contributed by atoms with Crippen LogP contribution in [0.5, 0.6) is 0 Å². The fraction of sp³-hybridized carbons (Fsp3) is 0. The van der Waals surface area contributed by atoms with E-state index in [1.54, 1.807) is 23.8 Å². The average Bonchev–Trinajstić information content (AvgIpc) is 2.94. The van der Waals surface area contributed by atoms with E-state index in [2.05, 4.69) is 15.0 Å². The molecule has 0 unspecified atom stereocenters. The lowest BCUT2D eigenvalue weighted by atomic mass is 10.1. The van der Waals surface area contributed by atoms with Gasteiger partial charge in [0.1, 0.15) is 10.3 Å². The molecule has 0 atom stereocenters. The standard InChI is InChI=1S/C13H6Cl3N3S/c14-8-3-1-7(2-4-8)10-11(15)18-13(19-12(10)16)9-5-17-6-20-9/h1-6H. The van der Waals surface area contributed by atoms with Crippen LogP contribution in [0.1, 0.15) is 0 Å². The third-order valence-corrected chi connectivity index (χ3v) is 4.17. The van der Waals surface area contributed by atoms with Gasteiger partial charge in [-0.1, -0.05) is 46.9 Å². The second kappa shape index (κ2) is 5.66. The molecule has 20 heavy (non-hydrogen) atoms. The molecule has 3 rings (SSSR count). The van der Waals surface area contributed by atoms with Crippen LogP contribution in [0, 0.1) is 0 Å². The minimum Gasteiger partial charge on any atom is -0.252 e. The Morgan fingerprint density at radius 3 is 2.10 bits per heavy atom. The zero-order valence-electron chi connectivity index (χ0n) is 9.85. The van der Waals surface area contributed by atoms with Crippen LogP contribution >= 0.6 is 46.1 Å².